The van der Waals surface area contributed by atoms with Crippen LogP contribution in [-0.2, 0) is 12.8 Å². The van der Waals surface area contributed by atoms with Gasteiger partial charge in [-0.25, -0.2) is 0 Å². The van der Waals surface area contributed by atoms with E-state index in [9.17, 15) is 0 Å². The smallest absolute Gasteiger partial charge is 0.127 e. The van der Waals surface area contributed by atoms with Crippen LogP contribution < -0.4 is 9.47 Å². The summed E-state index contributed by atoms with van der Waals surface area (Å²) in [6.07, 6.45) is 12.4. The first-order chi connectivity index (χ1) is 21.7. The number of hydrogen-bond donors (Lipinski definition) is 0. The number of hydrogen-bond acceptors (Lipinski definition) is 2. The van der Waals surface area contributed by atoms with Crippen molar-refractivity contribution in [3.8, 4) is 22.6 Å². The van der Waals surface area contributed by atoms with Crippen molar-refractivity contribution in [2.45, 2.75) is 39.5 Å². The zero-order chi connectivity index (χ0) is 30.4. The summed E-state index contributed by atoms with van der Waals surface area (Å²) >= 11 is 0. The Morgan fingerprint density at radius 1 is 0.523 bits per heavy atom. The molecule has 0 atom stereocenters. The Bertz CT molecular complexity index is 1630. The summed E-state index contributed by atoms with van der Waals surface area (Å²) < 4.78 is 12.6. The summed E-state index contributed by atoms with van der Waals surface area (Å²) in [5.41, 5.74) is 9.57. The normalized spacial score (nSPS) is 11.3. The molecule has 0 N–H and O–H groups in total. The Morgan fingerprint density at radius 3 is 1.55 bits per heavy atom. The number of rotatable bonds is 14. The van der Waals surface area contributed by atoms with Crippen molar-refractivity contribution < 1.29 is 9.47 Å². The fraction of sp³-hybridized carbons (Fsp3) is 0.190. The van der Waals surface area contributed by atoms with E-state index >= 15 is 0 Å². The molecule has 0 aliphatic carbocycles. The van der Waals surface area contributed by atoms with Gasteiger partial charge in [-0.1, -0.05) is 133 Å². The number of benzene rings is 5. The van der Waals surface area contributed by atoms with E-state index in [-0.39, 0.29) is 0 Å². The van der Waals surface area contributed by atoms with Gasteiger partial charge in [-0.3, -0.25) is 0 Å². The van der Waals surface area contributed by atoms with Crippen LogP contribution in [-0.4, -0.2) is 13.2 Å². The van der Waals surface area contributed by atoms with Crippen molar-refractivity contribution in [2.24, 2.45) is 0 Å². The van der Waals surface area contributed by atoms with Crippen molar-refractivity contribution in [3.63, 3.8) is 0 Å². The molecule has 0 amide bonds. The van der Waals surface area contributed by atoms with Crippen LogP contribution in [0.4, 0.5) is 0 Å². The first kappa shape index (κ1) is 30.6. The molecular formula is C42H42O2. The molecule has 2 nitrogen and oxygen atoms in total. The molecule has 222 valence electrons. The van der Waals surface area contributed by atoms with Crippen molar-refractivity contribution in [2.75, 3.05) is 13.2 Å². The molecule has 0 unspecified atom stereocenters. The first-order valence-electron chi connectivity index (χ1n) is 15.7. The topological polar surface area (TPSA) is 18.5 Å². The van der Waals surface area contributed by atoms with Gasteiger partial charge in [0, 0.05) is 5.56 Å². The van der Waals surface area contributed by atoms with Gasteiger partial charge in [0.25, 0.3) is 0 Å². The molecule has 0 aromatic heterocycles. The van der Waals surface area contributed by atoms with Crippen LogP contribution in [0.3, 0.4) is 0 Å². The molecule has 5 rings (SSSR count). The zero-order valence-corrected chi connectivity index (χ0v) is 25.9. The summed E-state index contributed by atoms with van der Waals surface area (Å²) in [7, 11) is 0. The molecule has 0 fully saturated rings. The lowest BCUT2D eigenvalue weighted by Gasteiger charge is -2.15. The summed E-state index contributed by atoms with van der Waals surface area (Å²) in [4.78, 5) is 0. The fourth-order valence-electron chi connectivity index (χ4n) is 5.25. The SMILES string of the molecule is CC=Cc1ccc(-c2ccc(C=Cc3cc(OCCCc4ccccc4)c(C)cc3OCCCc3ccccc3)cc2)cc1. The Morgan fingerprint density at radius 2 is 1.02 bits per heavy atom. The number of ether oxygens (including phenoxy) is 2. The van der Waals surface area contributed by atoms with Crippen LogP contribution in [0.2, 0.25) is 0 Å². The highest BCUT2D eigenvalue weighted by atomic mass is 16.5. The molecule has 5 aromatic carbocycles. The highest BCUT2D eigenvalue weighted by molar-refractivity contribution is 5.75. The fourth-order valence-corrected chi connectivity index (χ4v) is 5.25. The maximum atomic E-state index is 6.36. The molecule has 44 heavy (non-hydrogen) atoms. The first-order valence-corrected chi connectivity index (χ1v) is 15.7. The Hall–Kier alpha value is -4.82. The highest BCUT2D eigenvalue weighted by Crippen LogP contribution is 2.31. The van der Waals surface area contributed by atoms with Crippen LogP contribution >= 0.6 is 0 Å². The van der Waals surface area contributed by atoms with E-state index in [1.54, 1.807) is 0 Å². The van der Waals surface area contributed by atoms with Gasteiger partial charge in [0.15, 0.2) is 0 Å². The van der Waals surface area contributed by atoms with Gasteiger partial charge < -0.3 is 9.47 Å². The molecule has 0 spiro atoms. The van der Waals surface area contributed by atoms with Crippen LogP contribution in [0.25, 0.3) is 29.4 Å². The molecule has 0 saturated carbocycles. The lowest BCUT2D eigenvalue weighted by atomic mass is 10.0. The molecule has 2 heteroatoms. The van der Waals surface area contributed by atoms with Gasteiger partial charge in [0.1, 0.15) is 11.5 Å². The van der Waals surface area contributed by atoms with Crippen LogP contribution in [0.15, 0.2) is 127 Å². The van der Waals surface area contributed by atoms with Crippen molar-refractivity contribution in [1.29, 1.82) is 0 Å². The van der Waals surface area contributed by atoms with E-state index in [0.717, 1.165) is 53.9 Å². The number of aryl methyl sites for hydroxylation is 3. The van der Waals surface area contributed by atoms with Crippen LogP contribution in [0, 0.1) is 6.92 Å². The minimum atomic E-state index is 0.661. The Kier molecular flexibility index (Phi) is 11.2. The largest absolute Gasteiger partial charge is 0.493 e. The predicted octanol–water partition coefficient (Wildman–Crippen LogP) is 10.9. The lowest BCUT2D eigenvalue weighted by molar-refractivity contribution is 0.300. The molecule has 0 radical (unpaired) electrons. The molecular weight excluding hydrogens is 536 g/mol. The van der Waals surface area contributed by atoms with Crippen LogP contribution in [0.1, 0.15) is 53.1 Å². The standard InChI is InChI=1S/C42H42O2/c1-3-12-34-19-24-38(25-20-34)39-26-21-37(22-27-39)23-28-40-32-41(43-29-10-17-35-13-6-4-7-14-35)33(2)31-42(40)44-30-11-18-36-15-8-5-9-16-36/h3-9,12-16,19-28,31-32H,10-11,17-18,29-30H2,1-2H3. The summed E-state index contributed by atoms with van der Waals surface area (Å²) in [5.74, 6) is 1.80. The third-order valence-corrected chi connectivity index (χ3v) is 7.70. The minimum absolute atomic E-state index is 0.661. The van der Waals surface area contributed by atoms with Gasteiger partial charge in [-0.15, -0.1) is 0 Å². The highest BCUT2D eigenvalue weighted by Gasteiger charge is 2.09. The summed E-state index contributed by atoms with van der Waals surface area (Å²) in [6, 6.07) is 42.8. The predicted molar refractivity (Wildman–Crippen MR) is 187 cm³/mol. The second kappa shape index (κ2) is 16.1. The average Bonchev–Trinajstić information content (AvgIpc) is 3.07. The molecule has 0 heterocycles. The minimum Gasteiger partial charge on any atom is -0.493 e. The van der Waals surface area contributed by atoms with E-state index in [0.29, 0.717) is 13.2 Å². The molecule has 0 aliphatic heterocycles. The molecule has 0 saturated heterocycles. The van der Waals surface area contributed by atoms with Gasteiger partial charge in [-0.2, -0.15) is 0 Å². The second-order valence-electron chi connectivity index (χ2n) is 11.1. The van der Waals surface area contributed by atoms with Crippen LogP contribution in [0.5, 0.6) is 11.5 Å². The van der Waals surface area contributed by atoms with E-state index in [4.69, 9.17) is 9.47 Å². The van der Waals surface area contributed by atoms with E-state index in [2.05, 4.69) is 153 Å². The van der Waals surface area contributed by atoms with E-state index in [1.165, 1.54) is 27.8 Å². The lowest BCUT2D eigenvalue weighted by Crippen LogP contribution is -2.04. The third-order valence-electron chi connectivity index (χ3n) is 7.70. The van der Waals surface area contributed by atoms with E-state index in [1.807, 2.05) is 6.92 Å². The zero-order valence-electron chi connectivity index (χ0n) is 25.9. The number of allylic oxidation sites excluding steroid dienone is 1. The summed E-state index contributed by atoms with van der Waals surface area (Å²) in [5, 5.41) is 0. The molecule has 5 aromatic rings. The van der Waals surface area contributed by atoms with Gasteiger partial charge >= 0.3 is 0 Å². The monoisotopic (exact) mass is 578 g/mol. The molecule has 0 aliphatic rings. The quantitative estimate of drug-likeness (QED) is 0.0964. The Labute approximate surface area is 263 Å². The average molecular weight is 579 g/mol. The van der Waals surface area contributed by atoms with Crippen molar-refractivity contribution >= 4 is 18.2 Å². The van der Waals surface area contributed by atoms with E-state index < -0.39 is 0 Å². The maximum absolute atomic E-state index is 6.36. The van der Waals surface area contributed by atoms with Gasteiger partial charge in [0.2, 0.25) is 0 Å². The van der Waals surface area contributed by atoms with Gasteiger partial charge in [-0.05, 0) is 90.6 Å². The second-order valence-corrected chi connectivity index (χ2v) is 11.1. The summed E-state index contributed by atoms with van der Waals surface area (Å²) in [6.45, 7) is 5.47. The van der Waals surface area contributed by atoms with Crippen molar-refractivity contribution in [3.05, 3.63) is 161 Å². The maximum Gasteiger partial charge on any atom is 0.127 e. The van der Waals surface area contributed by atoms with Crippen molar-refractivity contribution in [1.82, 2.24) is 0 Å². The third kappa shape index (κ3) is 9.09. The Balaban J connectivity index is 1.28. The molecule has 0 bridgehead atoms. The van der Waals surface area contributed by atoms with Gasteiger partial charge in [0.05, 0.1) is 13.2 Å².